The number of aliphatic carboxylic acids is 1. The molecule has 1 fully saturated rings. The largest absolute Gasteiger partial charge is 0.481 e. The topological polar surface area (TPSA) is 87.6 Å². The minimum atomic E-state index is -0.771. The van der Waals surface area contributed by atoms with Crippen LogP contribution in [0.2, 0.25) is 0 Å². The van der Waals surface area contributed by atoms with Gasteiger partial charge in [-0.3, -0.25) is 4.79 Å². The van der Waals surface area contributed by atoms with E-state index in [0.717, 1.165) is 35.6 Å². The van der Waals surface area contributed by atoms with Gasteiger partial charge < -0.3 is 20.1 Å². The lowest BCUT2D eigenvalue weighted by atomic mass is 9.91. The summed E-state index contributed by atoms with van der Waals surface area (Å²) >= 11 is 0. The van der Waals surface area contributed by atoms with Crippen molar-refractivity contribution >= 4 is 23.0 Å². The Hall–Kier alpha value is -2.83. The molecular weight excluding hydrogens is 404 g/mol. The maximum atomic E-state index is 11.4. The number of ether oxygens (including phenoxy) is 1. The molecule has 0 amide bonds. The SMILES string of the molecule is CCOc1ncc(Nc2cc([C@@H](CC)CC(=O)O)ccc2N(CC)C2CCCCC2)cn1. The predicted molar refractivity (Wildman–Crippen MR) is 128 cm³/mol. The fourth-order valence-corrected chi connectivity index (χ4v) is 4.62. The van der Waals surface area contributed by atoms with Crippen molar-refractivity contribution in [3.63, 3.8) is 0 Å². The molecule has 0 unspecified atom stereocenters. The fourth-order valence-electron chi connectivity index (χ4n) is 4.62. The third-order valence-corrected chi connectivity index (χ3v) is 6.25. The molecule has 0 aliphatic heterocycles. The highest BCUT2D eigenvalue weighted by Crippen LogP contribution is 2.37. The zero-order valence-electron chi connectivity index (χ0n) is 19.5. The van der Waals surface area contributed by atoms with Gasteiger partial charge in [-0.15, -0.1) is 0 Å². The van der Waals surface area contributed by atoms with Crippen LogP contribution >= 0.6 is 0 Å². The third kappa shape index (κ3) is 6.11. The molecule has 1 saturated carbocycles. The lowest BCUT2D eigenvalue weighted by Crippen LogP contribution is -2.37. The van der Waals surface area contributed by atoms with Crippen LogP contribution in [0.15, 0.2) is 30.6 Å². The second-order valence-corrected chi connectivity index (χ2v) is 8.37. The first-order valence-electron chi connectivity index (χ1n) is 11.9. The molecule has 2 N–H and O–H groups in total. The Morgan fingerprint density at radius 2 is 1.91 bits per heavy atom. The summed E-state index contributed by atoms with van der Waals surface area (Å²) in [6.07, 6.45) is 10.6. The van der Waals surface area contributed by atoms with E-state index in [0.29, 0.717) is 18.7 Å². The number of nitrogens with one attached hydrogen (secondary N) is 1. The number of hydrogen-bond acceptors (Lipinski definition) is 6. The fraction of sp³-hybridized carbons (Fsp3) is 0.560. The zero-order valence-corrected chi connectivity index (χ0v) is 19.5. The number of aromatic nitrogens is 2. The van der Waals surface area contributed by atoms with Gasteiger partial charge in [0.2, 0.25) is 0 Å². The average Bonchev–Trinajstić information content (AvgIpc) is 2.81. The van der Waals surface area contributed by atoms with Crippen LogP contribution in [0.1, 0.15) is 77.2 Å². The van der Waals surface area contributed by atoms with E-state index in [9.17, 15) is 9.90 Å². The minimum Gasteiger partial charge on any atom is -0.481 e. The number of carboxylic acids is 1. The van der Waals surface area contributed by atoms with Crippen molar-refractivity contribution in [1.82, 2.24) is 9.97 Å². The van der Waals surface area contributed by atoms with Gasteiger partial charge in [0.15, 0.2) is 0 Å². The van der Waals surface area contributed by atoms with Crippen LogP contribution in [0, 0.1) is 0 Å². The second kappa shape index (κ2) is 11.7. The molecular formula is C25H36N4O3. The monoisotopic (exact) mass is 440 g/mol. The standard InChI is InChI=1S/C25H36N4O3/c1-4-18(15-24(30)31)19-12-13-23(29(5-2)21-10-8-7-9-11-21)22(14-19)28-20-16-26-25(27-17-20)32-6-3/h12-14,16-18,21,28H,4-11,15H2,1-3H3,(H,30,31)/t18-/m0/s1. The molecule has 0 spiro atoms. The van der Waals surface area contributed by atoms with Crippen LogP contribution < -0.4 is 15.0 Å². The first-order chi connectivity index (χ1) is 15.5. The first-order valence-corrected chi connectivity index (χ1v) is 11.9. The normalized spacial score (nSPS) is 15.2. The van der Waals surface area contributed by atoms with Crippen molar-refractivity contribution in [1.29, 1.82) is 0 Å². The van der Waals surface area contributed by atoms with Crippen molar-refractivity contribution in [2.75, 3.05) is 23.4 Å². The maximum Gasteiger partial charge on any atom is 0.316 e. The summed E-state index contributed by atoms with van der Waals surface area (Å²) < 4.78 is 5.36. The Morgan fingerprint density at radius 1 is 1.19 bits per heavy atom. The van der Waals surface area contributed by atoms with Crippen molar-refractivity contribution in [2.24, 2.45) is 0 Å². The molecule has 1 aromatic heterocycles. The molecule has 1 heterocycles. The van der Waals surface area contributed by atoms with Crippen molar-refractivity contribution in [3.8, 4) is 6.01 Å². The zero-order chi connectivity index (χ0) is 22.9. The number of carboxylic acid groups (broad SMARTS) is 1. The molecule has 7 heteroatoms. The van der Waals surface area contributed by atoms with E-state index in [-0.39, 0.29) is 12.3 Å². The molecule has 1 atom stereocenters. The predicted octanol–water partition coefficient (Wildman–Crippen LogP) is 5.75. The minimum absolute atomic E-state index is 0.0246. The van der Waals surface area contributed by atoms with Gasteiger partial charge >= 0.3 is 12.0 Å². The Balaban J connectivity index is 1.96. The van der Waals surface area contributed by atoms with Gasteiger partial charge in [0.1, 0.15) is 0 Å². The molecule has 2 aromatic rings. The van der Waals surface area contributed by atoms with Crippen molar-refractivity contribution in [2.45, 2.75) is 77.7 Å². The van der Waals surface area contributed by atoms with Crippen LogP contribution in [0.5, 0.6) is 6.01 Å². The van der Waals surface area contributed by atoms with E-state index >= 15 is 0 Å². The summed E-state index contributed by atoms with van der Waals surface area (Å²) in [5.74, 6) is -0.795. The number of hydrogen-bond donors (Lipinski definition) is 2. The summed E-state index contributed by atoms with van der Waals surface area (Å²) in [6.45, 7) is 7.58. The number of nitrogens with zero attached hydrogens (tertiary/aromatic N) is 3. The van der Waals surface area contributed by atoms with Gasteiger partial charge in [0.25, 0.3) is 0 Å². The summed E-state index contributed by atoms with van der Waals surface area (Å²) in [4.78, 5) is 22.4. The second-order valence-electron chi connectivity index (χ2n) is 8.37. The van der Waals surface area contributed by atoms with Crippen molar-refractivity contribution in [3.05, 3.63) is 36.2 Å². The quantitative estimate of drug-likeness (QED) is 0.460. The molecule has 0 radical (unpaired) electrons. The van der Waals surface area contributed by atoms with Gasteiger partial charge in [0.05, 0.1) is 42.5 Å². The van der Waals surface area contributed by atoms with Gasteiger partial charge in [-0.1, -0.05) is 32.3 Å². The van der Waals surface area contributed by atoms with Gasteiger partial charge in [-0.25, -0.2) is 9.97 Å². The molecule has 0 saturated heterocycles. The van der Waals surface area contributed by atoms with Crippen LogP contribution in [0.25, 0.3) is 0 Å². The number of benzene rings is 1. The number of anilines is 3. The third-order valence-electron chi connectivity index (χ3n) is 6.25. The first kappa shape index (κ1) is 23.8. The number of rotatable bonds is 11. The molecule has 7 nitrogen and oxygen atoms in total. The highest BCUT2D eigenvalue weighted by Gasteiger charge is 2.24. The molecule has 1 aliphatic rings. The lowest BCUT2D eigenvalue weighted by Gasteiger charge is -2.37. The van der Waals surface area contributed by atoms with Gasteiger partial charge in [-0.2, -0.15) is 0 Å². The van der Waals surface area contributed by atoms with E-state index in [4.69, 9.17) is 4.74 Å². The number of carbonyl (C=O) groups is 1. The Morgan fingerprint density at radius 3 is 2.50 bits per heavy atom. The summed E-state index contributed by atoms with van der Waals surface area (Å²) in [5, 5.41) is 12.8. The molecule has 174 valence electrons. The van der Waals surface area contributed by atoms with Gasteiger partial charge in [0, 0.05) is 12.6 Å². The summed E-state index contributed by atoms with van der Waals surface area (Å²) in [5.41, 5.74) is 3.92. The summed E-state index contributed by atoms with van der Waals surface area (Å²) in [7, 11) is 0. The van der Waals surface area contributed by atoms with E-state index in [2.05, 4.69) is 45.3 Å². The molecule has 3 rings (SSSR count). The van der Waals surface area contributed by atoms with Crippen LogP contribution in [0.3, 0.4) is 0 Å². The average molecular weight is 441 g/mol. The van der Waals surface area contributed by atoms with E-state index in [1.807, 2.05) is 13.8 Å². The summed E-state index contributed by atoms with van der Waals surface area (Å²) in [6, 6.07) is 7.23. The lowest BCUT2D eigenvalue weighted by molar-refractivity contribution is -0.137. The molecule has 32 heavy (non-hydrogen) atoms. The van der Waals surface area contributed by atoms with E-state index in [1.165, 1.54) is 32.1 Å². The Kier molecular flexibility index (Phi) is 8.71. The molecule has 0 bridgehead atoms. The van der Waals surface area contributed by atoms with Crippen LogP contribution in [-0.2, 0) is 4.79 Å². The van der Waals surface area contributed by atoms with Crippen molar-refractivity contribution < 1.29 is 14.6 Å². The molecule has 1 aliphatic carbocycles. The smallest absolute Gasteiger partial charge is 0.316 e. The van der Waals surface area contributed by atoms with Crippen LogP contribution in [0.4, 0.5) is 17.1 Å². The van der Waals surface area contributed by atoms with Gasteiger partial charge in [-0.05, 0) is 56.7 Å². The highest BCUT2D eigenvalue weighted by molar-refractivity contribution is 5.77. The van der Waals surface area contributed by atoms with E-state index < -0.39 is 5.97 Å². The highest BCUT2D eigenvalue weighted by atomic mass is 16.5. The molecule has 1 aromatic carbocycles. The Labute approximate surface area is 191 Å². The van der Waals surface area contributed by atoms with E-state index in [1.54, 1.807) is 12.4 Å². The Bertz CT molecular complexity index is 866. The van der Waals surface area contributed by atoms with Crippen LogP contribution in [-0.4, -0.2) is 40.2 Å². The maximum absolute atomic E-state index is 11.4.